The molecule has 2 heterocycles. The number of hydrogen-bond donors (Lipinski definition) is 1. The predicted octanol–water partition coefficient (Wildman–Crippen LogP) is 1.34. The minimum atomic E-state index is -0.380. The van der Waals surface area contributed by atoms with Crippen molar-refractivity contribution in [3.63, 3.8) is 0 Å². The minimum absolute atomic E-state index is 0.0878. The number of morpholine rings is 1. The van der Waals surface area contributed by atoms with Crippen LogP contribution in [0.4, 0.5) is 5.69 Å². The van der Waals surface area contributed by atoms with Crippen LogP contribution < -0.4 is 10.5 Å². The smallest absolute Gasteiger partial charge is 0.360 e. The summed E-state index contributed by atoms with van der Waals surface area (Å²) in [4.78, 5) is 13.9. The van der Waals surface area contributed by atoms with Gasteiger partial charge in [0.15, 0.2) is 0 Å². The van der Waals surface area contributed by atoms with E-state index in [0.717, 1.165) is 5.39 Å². The first-order valence-corrected chi connectivity index (χ1v) is 5.83. The molecular formula is C13H13NO4. The van der Waals surface area contributed by atoms with Gasteiger partial charge in [0, 0.05) is 24.5 Å². The van der Waals surface area contributed by atoms with Crippen molar-refractivity contribution in [3.8, 4) is 5.75 Å². The summed E-state index contributed by atoms with van der Waals surface area (Å²) in [7, 11) is 0. The largest absolute Gasteiger partial charge is 0.508 e. The summed E-state index contributed by atoms with van der Waals surface area (Å²) >= 11 is 0. The first-order valence-electron chi connectivity index (χ1n) is 5.83. The second-order valence-corrected chi connectivity index (χ2v) is 4.24. The lowest BCUT2D eigenvalue weighted by atomic mass is 10.2. The molecule has 18 heavy (non-hydrogen) atoms. The average Bonchev–Trinajstić information content (AvgIpc) is 2.39. The van der Waals surface area contributed by atoms with Gasteiger partial charge in [0.2, 0.25) is 0 Å². The third-order valence-corrected chi connectivity index (χ3v) is 3.05. The van der Waals surface area contributed by atoms with Gasteiger partial charge in [-0.1, -0.05) is 0 Å². The monoisotopic (exact) mass is 247 g/mol. The normalized spacial score (nSPS) is 16.1. The van der Waals surface area contributed by atoms with Crippen LogP contribution in [0, 0.1) is 0 Å². The molecule has 5 heteroatoms. The summed E-state index contributed by atoms with van der Waals surface area (Å²) in [6, 6.07) is 6.55. The number of phenolic OH excluding ortho intramolecular Hbond substituents is 1. The van der Waals surface area contributed by atoms with Gasteiger partial charge in [-0.25, -0.2) is 4.79 Å². The van der Waals surface area contributed by atoms with Crippen molar-refractivity contribution < 1.29 is 14.3 Å². The molecule has 1 aliphatic rings. The maximum absolute atomic E-state index is 11.9. The molecule has 1 aromatic heterocycles. The third kappa shape index (κ3) is 1.93. The van der Waals surface area contributed by atoms with E-state index in [-0.39, 0.29) is 11.4 Å². The van der Waals surface area contributed by atoms with E-state index in [2.05, 4.69) is 0 Å². The first-order chi connectivity index (χ1) is 8.74. The lowest BCUT2D eigenvalue weighted by Crippen LogP contribution is -2.38. The molecule has 0 unspecified atom stereocenters. The Morgan fingerprint density at radius 1 is 1.17 bits per heavy atom. The molecule has 94 valence electrons. The predicted molar refractivity (Wildman–Crippen MR) is 67.2 cm³/mol. The van der Waals surface area contributed by atoms with E-state index in [9.17, 15) is 9.90 Å². The van der Waals surface area contributed by atoms with Crippen LogP contribution in [0.15, 0.2) is 33.5 Å². The van der Waals surface area contributed by atoms with Gasteiger partial charge in [0.05, 0.1) is 13.2 Å². The standard InChI is InChI=1S/C13H13NO4/c15-10-2-1-9-7-11(13(16)18-12(9)8-10)14-3-5-17-6-4-14/h1-2,7-8,15H,3-6H2. The van der Waals surface area contributed by atoms with Crippen molar-refractivity contribution >= 4 is 16.7 Å². The van der Waals surface area contributed by atoms with Gasteiger partial charge in [-0.3, -0.25) is 0 Å². The zero-order valence-corrected chi connectivity index (χ0v) is 9.76. The van der Waals surface area contributed by atoms with Gasteiger partial charge >= 0.3 is 5.63 Å². The van der Waals surface area contributed by atoms with E-state index in [4.69, 9.17) is 9.15 Å². The number of hydrogen-bond acceptors (Lipinski definition) is 5. The molecule has 0 atom stereocenters. The second-order valence-electron chi connectivity index (χ2n) is 4.24. The highest BCUT2D eigenvalue weighted by atomic mass is 16.5. The highest BCUT2D eigenvalue weighted by Gasteiger charge is 2.16. The number of rotatable bonds is 1. The fourth-order valence-corrected chi connectivity index (χ4v) is 2.11. The topological polar surface area (TPSA) is 62.9 Å². The van der Waals surface area contributed by atoms with Crippen LogP contribution in [0.3, 0.4) is 0 Å². The Bertz CT molecular complexity index is 628. The maximum atomic E-state index is 11.9. The second kappa shape index (κ2) is 4.34. The van der Waals surface area contributed by atoms with Crippen molar-refractivity contribution in [1.29, 1.82) is 0 Å². The Morgan fingerprint density at radius 3 is 2.72 bits per heavy atom. The Balaban J connectivity index is 2.09. The summed E-state index contributed by atoms with van der Waals surface area (Å²) in [5.74, 6) is 0.0878. The van der Waals surface area contributed by atoms with Crippen LogP contribution in [0.1, 0.15) is 0 Å². The Labute approximate surface area is 103 Å². The Hall–Kier alpha value is -2.01. The van der Waals surface area contributed by atoms with E-state index < -0.39 is 0 Å². The number of phenols is 1. The van der Waals surface area contributed by atoms with Gasteiger partial charge in [0.25, 0.3) is 0 Å². The van der Waals surface area contributed by atoms with Crippen LogP contribution in [0.2, 0.25) is 0 Å². The highest BCUT2D eigenvalue weighted by molar-refractivity contribution is 5.81. The van der Waals surface area contributed by atoms with Gasteiger partial charge in [-0.2, -0.15) is 0 Å². The molecule has 0 spiro atoms. The van der Waals surface area contributed by atoms with Gasteiger partial charge in [-0.15, -0.1) is 0 Å². The highest BCUT2D eigenvalue weighted by Crippen LogP contribution is 2.22. The molecule has 0 saturated carbocycles. The van der Waals surface area contributed by atoms with E-state index >= 15 is 0 Å². The van der Waals surface area contributed by atoms with Crippen LogP contribution in [0.25, 0.3) is 11.0 Å². The molecule has 2 aromatic rings. The van der Waals surface area contributed by atoms with Crippen molar-refractivity contribution in [3.05, 3.63) is 34.7 Å². The minimum Gasteiger partial charge on any atom is -0.508 e. The molecule has 0 amide bonds. The lowest BCUT2D eigenvalue weighted by Gasteiger charge is -2.27. The average molecular weight is 247 g/mol. The maximum Gasteiger partial charge on any atom is 0.360 e. The van der Waals surface area contributed by atoms with E-state index in [1.54, 1.807) is 18.2 Å². The van der Waals surface area contributed by atoms with Gasteiger partial charge < -0.3 is 19.2 Å². The van der Waals surface area contributed by atoms with E-state index in [0.29, 0.717) is 37.6 Å². The molecule has 1 fully saturated rings. The summed E-state index contributed by atoms with van der Waals surface area (Å²) in [5.41, 5.74) is 0.573. The molecule has 0 bridgehead atoms. The van der Waals surface area contributed by atoms with Crippen LogP contribution in [0.5, 0.6) is 5.75 Å². The van der Waals surface area contributed by atoms with Crippen molar-refractivity contribution in [1.82, 2.24) is 0 Å². The molecule has 1 N–H and O–H groups in total. The number of nitrogens with zero attached hydrogens (tertiary/aromatic N) is 1. The number of ether oxygens (including phenoxy) is 1. The quantitative estimate of drug-likeness (QED) is 0.770. The van der Waals surface area contributed by atoms with Crippen molar-refractivity contribution in [2.24, 2.45) is 0 Å². The summed E-state index contributed by atoms with van der Waals surface area (Å²) in [6.45, 7) is 2.61. The number of benzene rings is 1. The molecule has 0 aliphatic carbocycles. The van der Waals surface area contributed by atoms with Gasteiger partial charge in [0.1, 0.15) is 17.0 Å². The fourth-order valence-electron chi connectivity index (χ4n) is 2.11. The van der Waals surface area contributed by atoms with E-state index in [1.165, 1.54) is 6.07 Å². The first kappa shape index (κ1) is 11.1. The molecule has 1 saturated heterocycles. The zero-order valence-electron chi connectivity index (χ0n) is 9.76. The van der Waals surface area contributed by atoms with Gasteiger partial charge in [-0.05, 0) is 18.2 Å². The number of anilines is 1. The summed E-state index contributed by atoms with van der Waals surface area (Å²) < 4.78 is 10.5. The number of fused-ring (bicyclic) bond motifs is 1. The Kier molecular flexibility index (Phi) is 2.68. The zero-order chi connectivity index (χ0) is 12.5. The number of aromatic hydroxyl groups is 1. The van der Waals surface area contributed by atoms with Crippen LogP contribution >= 0.6 is 0 Å². The fraction of sp³-hybridized carbons (Fsp3) is 0.308. The third-order valence-electron chi connectivity index (χ3n) is 3.05. The Morgan fingerprint density at radius 2 is 1.94 bits per heavy atom. The molecule has 0 radical (unpaired) electrons. The van der Waals surface area contributed by atoms with Crippen molar-refractivity contribution in [2.45, 2.75) is 0 Å². The lowest BCUT2D eigenvalue weighted by molar-refractivity contribution is 0.122. The van der Waals surface area contributed by atoms with Crippen molar-refractivity contribution in [2.75, 3.05) is 31.2 Å². The molecule has 1 aromatic carbocycles. The van der Waals surface area contributed by atoms with E-state index in [1.807, 2.05) is 4.90 Å². The SMILES string of the molecule is O=c1oc2cc(O)ccc2cc1N1CCOCC1. The van der Waals surface area contributed by atoms with Crippen LogP contribution in [-0.4, -0.2) is 31.4 Å². The molecule has 1 aliphatic heterocycles. The molecular weight excluding hydrogens is 234 g/mol. The summed E-state index contributed by atoms with van der Waals surface area (Å²) in [5, 5.41) is 10.2. The molecule has 3 rings (SSSR count). The van der Waals surface area contributed by atoms with Crippen LogP contribution in [-0.2, 0) is 4.74 Å². The summed E-state index contributed by atoms with van der Waals surface area (Å²) in [6.07, 6.45) is 0. The molecule has 5 nitrogen and oxygen atoms in total.